The summed E-state index contributed by atoms with van der Waals surface area (Å²) in [4.78, 5) is 0. The third kappa shape index (κ3) is 0.998. The van der Waals surface area contributed by atoms with Crippen LogP contribution in [0.1, 0.15) is 38.5 Å². The molecule has 0 amide bonds. The van der Waals surface area contributed by atoms with E-state index in [1.54, 1.807) is 0 Å². The van der Waals surface area contributed by atoms with Crippen molar-refractivity contribution >= 4 is 0 Å². The van der Waals surface area contributed by atoms with Crippen LogP contribution in [0.25, 0.3) is 0 Å². The molecule has 2 aliphatic rings. The molecule has 0 aliphatic heterocycles. The third-order valence-corrected chi connectivity index (χ3v) is 2.25. The molecule has 0 atom stereocenters. The lowest BCUT2D eigenvalue weighted by molar-refractivity contribution is 0.831. The molecule has 1 fully saturated rings. The molecule has 10 heavy (non-hydrogen) atoms. The van der Waals surface area contributed by atoms with E-state index in [9.17, 15) is 0 Å². The monoisotopic (exact) mass is 132 g/mol. The third-order valence-electron chi connectivity index (χ3n) is 2.25. The summed E-state index contributed by atoms with van der Waals surface area (Å²) in [6.45, 7) is 0. The van der Waals surface area contributed by atoms with Gasteiger partial charge in [0.15, 0.2) is 0 Å². The lowest BCUT2D eigenvalue weighted by Crippen LogP contribution is -1.75. The van der Waals surface area contributed by atoms with Crippen molar-refractivity contribution in [2.24, 2.45) is 0 Å². The van der Waals surface area contributed by atoms with Crippen molar-refractivity contribution in [2.75, 3.05) is 0 Å². The Labute approximate surface area is 62.6 Å². The van der Waals surface area contributed by atoms with Crippen LogP contribution in [-0.4, -0.2) is 0 Å². The van der Waals surface area contributed by atoms with Gasteiger partial charge >= 0.3 is 0 Å². The zero-order valence-corrected chi connectivity index (χ0v) is 6.24. The SMILES string of the molecule is [C+]1=C2CCCC2=[C-]CCC1. The zero-order valence-electron chi connectivity index (χ0n) is 6.24. The van der Waals surface area contributed by atoms with Gasteiger partial charge in [-0.25, -0.2) is 0 Å². The predicted octanol–water partition coefficient (Wildman–Crippen LogP) is 2.81. The van der Waals surface area contributed by atoms with E-state index >= 15 is 0 Å². The molecule has 0 spiro atoms. The molecule has 1 saturated carbocycles. The van der Waals surface area contributed by atoms with Gasteiger partial charge in [-0.05, 0) is 25.3 Å². The van der Waals surface area contributed by atoms with Crippen molar-refractivity contribution in [2.45, 2.75) is 38.5 Å². The fourth-order valence-electron chi connectivity index (χ4n) is 1.70. The van der Waals surface area contributed by atoms with Crippen LogP contribution in [0, 0.1) is 12.2 Å². The quantitative estimate of drug-likeness (QED) is 0.444. The molecule has 52 valence electrons. The van der Waals surface area contributed by atoms with Crippen LogP contribution >= 0.6 is 0 Å². The highest BCUT2D eigenvalue weighted by Crippen LogP contribution is 2.32. The molecule has 2 aliphatic carbocycles. The molecule has 0 aromatic carbocycles. The first-order valence-corrected chi connectivity index (χ1v) is 4.16. The van der Waals surface area contributed by atoms with E-state index in [1.807, 2.05) is 0 Å². The van der Waals surface area contributed by atoms with Crippen LogP contribution in [0.15, 0.2) is 11.1 Å². The summed E-state index contributed by atoms with van der Waals surface area (Å²) in [6, 6.07) is 0. The first-order chi connectivity index (χ1) is 4.97. The molecule has 0 aromatic rings. The van der Waals surface area contributed by atoms with Crippen molar-refractivity contribution in [1.82, 2.24) is 0 Å². The highest BCUT2D eigenvalue weighted by Gasteiger charge is 2.14. The maximum atomic E-state index is 3.46. The van der Waals surface area contributed by atoms with E-state index in [-0.39, 0.29) is 0 Å². The van der Waals surface area contributed by atoms with Crippen LogP contribution in [-0.2, 0) is 0 Å². The second-order valence-corrected chi connectivity index (χ2v) is 3.02. The maximum absolute atomic E-state index is 3.46. The van der Waals surface area contributed by atoms with E-state index in [2.05, 4.69) is 12.2 Å². The predicted molar refractivity (Wildman–Crippen MR) is 41.2 cm³/mol. The molecule has 0 saturated heterocycles. The van der Waals surface area contributed by atoms with Gasteiger partial charge in [0.2, 0.25) is 0 Å². The Balaban J connectivity index is 2.25. The second-order valence-electron chi connectivity index (χ2n) is 3.02. The van der Waals surface area contributed by atoms with Crippen LogP contribution in [0.5, 0.6) is 0 Å². The van der Waals surface area contributed by atoms with E-state index in [1.165, 1.54) is 36.8 Å². The molecule has 0 aromatic heterocycles. The molecule has 0 unspecified atom stereocenters. The van der Waals surface area contributed by atoms with Gasteiger partial charge in [-0.1, -0.05) is 12.0 Å². The Morgan fingerprint density at radius 1 is 1.20 bits per heavy atom. The lowest BCUT2D eigenvalue weighted by Gasteiger charge is -1.94. The van der Waals surface area contributed by atoms with Gasteiger partial charge in [-0.15, -0.1) is 0 Å². The molecule has 0 nitrogen and oxygen atoms in total. The Kier molecular flexibility index (Phi) is 1.56. The number of allylic oxidation sites excluding steroid dienone is 4. The molecule has 0 bridgehead atoms. The maximum Gasteiger partial charge on any atom is 0.0666 e. The largest absolute Gasteiger partial charge is 0.166 e. The van der Waals surface area contributed by atoms with Gasteiger partial charge < -0.3 is 0 Å². The summed E-state index contributed by atoms with van der Waals surface area (Å²) < 4.78 is 0. The molecule has 2 rings (SSSR count). The van der Waals surface area contributed by atoms with Crippen LogP contribution in [0.4, 0.5) is 0 Å². The highest BCUT2D eigenvalue weighted by atomic mass is 14.2. The standard InChI is InChI=1S/C10H12/c1-2-5-9-7-4-8-10(9)6-3-1/h1-4,7-8H2. The van der Waals surface area contributed by atoms with Gasteiger partial charge in [-0.2, -0.15) is 6.08 Å². The Morgan fingerprint density at radius 2 is 2.20 bits per heavy atom. The highest BCUT2D eigenvalue weighted by molar-refractivity contribution is 5.31. The molecule has 0 radical (unpaired) electrons. The summed E-state index contributed by atoms with van der Waals surface area (Å²) in [6.07, 6.45) is 14.4. The second kappa shape index (κ2) is 2.56. The fourth-order valence-corrected chi connectivity index (χ4v) is 1.70. The summed E-state index contributed by atoms with van der Waals surface area (Å²) in [5.41, 5.74) is 2.97. The Morgan fingerprint density at radius 3 is 3.20 bits per heavy atom. The summed E-state index contributed by atoms with van der Waals surface area (Å²) in [7, 11) is 0. The normalized spacial score (nSPS) is 24.0. The molecule has 0 heterocycles. The zero-order chi connectivity index (χ0) is 6.81. The summed E-state index contributed by atoms with van der Waals surface area (Å²) >= 11 is 0. The fraction of sp³-hybridized carbons (Fsp3) is 0.600. The smallest absolute Gasteiger partial charge is 0.0666 e. The first-order valence-electron chi connectivity index (χ1n) is 4.16. The molecule has 0 heteroatoms. The van der Waals surface area contributed by atoms with Crippen LogP contribution in [0.2, 0.25) is 0 Å². The average molecular weight is 132 g/mol. The Bertz CT molecular complexity index is 164. The van der Waals surface area contributed by atoms with Gasteiger partial charge in [0.25, 0.3) is 0 Å². The van der Waals surface area contributed by atoms with Crippen molar-refractivity contribution in [3.05, 3.63) is 23.3 Å². The van der Waals surface area contributed by atoms with Gasteiger partial charge in [-0.3, -0.25) is 0 Å². The molecular weight excluding hydrogens is 120 g/mol. The van der Waals surface area contributed by atoms with Crippen LogP contribution in [0.3, 0.4) is 0 Å². The number of rotatable bonds is 0. The lowest BCUT2D eigenvalue weighted by atomic mass is 10.1. The van der Waals surface area contributed by atoms with Gasteiger partial charge in [0.1, 0.15) is 0 Å². The van der Waals surface area contributed by atoms with E-state index < -0.39 is 0 Å². The van der Waals surface area contributed by atoms with E-state index in [4.69, 9.17) is 0 Å². The van der Waals surface area contributed by atoms with Crippen molar-refractivity contribution in [3.63, 3.8) is 0 Å². The molecular formula is C10H12. The van der Waals surface area contributed by atoms with Crippen molar-refractivity contribution in [1.29, 1.82) is 0 Å². The van der Waals surface area contributed by atoms with E-state index in [0.29, 0.717) is 0 Å². The Hall–Kier alpha value is -0.610. The van der Waals surface area contributed by atoms with Crippen molar-refractivity contribution in [3.8, 4) is 0 Å². The minimum atomic E-state index is 1.16. The van der Waals surface area contributed by atoms with Gasteiger partial charge in [0.05, 0.1) is 6.42 Å². The molecule has 0 N–H and O–H groups in total. The van der Waals surface area contributed by atoms with Gasteiger partial charge in [0, 0.05) is 12.0 Å². The van der Waals surface area contributed by atoms with E-state index in [0.717, 1.165) is 12.8 Å². The summed E-state index contributed by atoms with van der Waals surface area (Å²) in [5, 5.41) is 0. The topological polar surface area (TPSA) is 0 Å². The number of hydrogen-bond donors (Lipinski definition) is 0. The van der Waals surface area contributed by atoms with Crippen molar-refractivity contribution < 1.29 is 0 Å². The minimum absolute atomic E-state index is 1.16. The first kappa shape index (κ1) is 6.12. The number of hydrogen-bond acceptors (Lipinski definition) is 0. The minimum Gasteiger partial charge on any atom is -0.166 e. The summed E-state index contributed by atoms with van der Waals surface area (Å²) in [5.74, 6) is 0. The van der Waals surface area contributed by atoms with Crippen LogP contribution < -0.4 is 0 Å². The average Bonchev–Trinajstić information content (AvgIpc) is 2.28. The number of fused-ring (bicyclic) bond motifs is 1.